The average molecular weight is 291 g/mol. The molecule has 1 aromatic heterocycles. The van der Waals surface area contributed by atoms with E-state index >= 15 is 0 Å². The van der Waals surface area contributed by atoms with E-state index in [1.54, 1.807) is 12.1 Å². The van der Waals surface area contributed by atoms with Gasteiger partial charge in [-0.15, -0.1) is 0 Å². The van der Waals surface area contributed by atoms with Crippen LogP contribution < -0.4 is 11.1 Å². The lowest BCUT2D eigenvalue weighted by Gasteiger charge is -2.22. The number of nitrogens with zero attached hydrogens (tertiary/aromatic N) is 1. The molecule has 4 N–H and O–H groups in total. The van der Waals surface area contributed by atoms with Crippen LogP contribution in [0.25, 0.3) is 0 Å². The quantitative estimate of drug-likeness (QED) is 0.726. The summed E-state index contributed by atoms with van der Waals surface area (Å²) in [5.74, 6) is -1.51. The number of carbonyl (C=O) groups excluding carboxylic acids is 1. The molecule has 1 heterocycles. The summed E-state index contributed by atoms with van der Waals surface area (Å²) in [6.45, 7) is 0. The van der Waals surface area contributed by atoms with Gasteiger partial charge in [-0.05, 0) is 25.0 Å². The normalized spacial score (nSPS) is 22.3. The summed E-state index contributed by atoms with van der Waals surface area (Å²) in [5, 5.41) is 12.2. The highest BCUT2D eigenvalue weighted by Gasteiger charge is 2.30. The summed E-state index contributed by atoms with van der Waals surface area (Å²) in [5.41, 5.74) is 6.72. The van der Waals surface area contributed by atoms with Crippen LogP contribution in [0.1, 0.15) is 37.8 Å². The molecule has 1 aliphatic carbocycles. The minimum absolute atomic E-state index is 0.142. The van der Waals surface area contributed by atoms with Gasteiger partial charge in [-0.2, -0.15) is 0 Å². The molecule has 2 atom stereocenters. The molecule has 2 unspecified atom stereocenters. The molecule has 2 rings (SSSR count). The number of rotatable bonds is 4. The topological polar surface area (TPSA) is 105 Å². The number of aromatic nitrogens is 1. The molecule has 0 aromatic carbocycles. The summed E-state index contributed by atoms with van der Waals surface area (Å²) in [6, 6.07) is 3.11. The van der Waals surface area contributed by atoms with Gasteiger partial charge in [0.25, 0.3) is 0 Å². The molecule has 0 spiro atoms. The first-order chi connectivity index (χ1) is 10.1. The van der Waals surface area contributed by atoms with Gasteiger partial charge < -0.3 is 16.2 Å². The molecule has 0 bridgehead atoms. The lowest BCUT2D eigenvalue weighted by atomic mass is 9.94. The molecule has 1 saturated carbocycles. The molecule has 1 amide bonds. The number of carboxylic acid groups (broad SMARTS) is 1. The van der Waals surface area contributed by atoms with Gasteiger partial charge in [-0.25, -0.2) is 0 Å². The number of aliphatic carboxylic acids is 1. The van der Waals surface area contributed by atoms with E-state index in [2.05, 4.69) is 10.3 Å². The summed E-state index contributed by atoms with van der Waals surface area (Å²) < 4.78 is 0. The SMILES string of the molecule is Nc1ccc(CC(=O)NC2CCCCCC2C(=O)O)nc1. The van der Waals surface area contributed by atoms with Crippen molar-refractivity contribution in [3.8, 4) is 0 Å². The van der Waals surface area contributed by atoms with Gasteiger partial charge in [0.15, 0.2) is 0 Å². The molecule has 21 heavy (non-hydrogen) atoms. The van der Waals surface area contributed by atoms with Crippen LogP contribution in [0.15, 0.2) is 18.3 Å². The molecular weight excluding hydrogens is 270 g/mol. The third-order valence-corrected chi connectivity index (χ3v) is 3.87. The first-order valence-electron chi connectivity index (χ1n) is 7.29. The van der Waals surface area contributed by atoms with Crippen LogP contribution in [0.3, 0.4) is 0 Å². The Morgan fingerprint density at radius 1 is 1.29 bits per heavy atom. The Morgan fingerprint density at radius 3 is 2.71 bits per heavy atom. The minimum atomic E-state index is -0.826. The van der Waals surface area contributed by atoms with Crippen LogP contribution >= 0.6 is 0 Å². The second kappa shape index (κ2) is 7.06. The van der Waals surface area contributed by atoms with Crippen molar-refractivity contribution < 1.29 is 14.7 Å². The zero-order valence-corrected chi connectivity index (χ0v) is 11.9. The second-order valence-electron chi connectivity index (χ2n) is 5.52. The van der Waals surface area contributed by atoms with Gasteiger partial charge in [0, 0.05) is 11.7 Å². The largest absolute Gasteiger partial charge is 0.481 e. The Labute approximate surface area is 123 Å². The highest BCUT2D eigenvalue weighted by atomic mass is 16.4. The number of amides is 1. The van der Waals surface area contributed by atoms with Gasteiger partial charge >= 0.3 is 5.97 Å². The van der Waals surface area contributed by atoms with Crippen LogP contribution in [-0.4, -0.2) is 28.0 Å². The predicted molar refractivity (Wildman–Crippen MR) is 78.5 cm³/mol. The fourth-order valence-corrected chi connectivity index (χ4v) is 2.74. The monoisotopic (exact) mass is 291 g/mol. The Hall–Kier alpha value is -2.11. The van der Waals surface area contributed by atoms with Crippen molar-refractivity contribution in [2.24, 2.45) is 5.92 Å². The first kappa shape index (κ1) is 15.3. The third kappa shape index (κ3) is 4.44. The summed E-state index contributed by atoms with van der Waals surface area (Å²) in [6.07, 6.45) is 5.88. The number of nitrogens with two attached hydrogens (primary N) is 1. The van der Waals surface area contributed by atoms with Gasteiger partial charge in [0.2, 0.25) is 5.91 Å². The van der Waals surface area contributed by atoms with E-state index in [0.717, 1.165) is 25.7 Å². The number of anilines is 1. The van der Waals surface area contributed by atoms with Crippen molar-refractivity contribution in [1.29, 1.82) is 0 Å². The number of nitrogen functional groups attached to an aromatic ring is 1. The van der Waals surface area contributed by atoms with E-state index in [9.17, 15) is 14.7 Å². The fourth-order valence-electron chi connectivity index (χ4n) is 2.74. The van der Waals surface area contributed by atoms with Crippen molar-refractivity contribution in [1.82, 2.24) is 10.3 Å². The smallest absolute Gasteiger partial charge is 0.308 e. The van der Waals surface area contributed by atoms with Gasteiger partial charge in [0.05, 0.1) is 24.2 Å². The Morgan fingerprint density at radius 2 is 2.05 bits per heavy atom. The maximum atomic E-state index is 12.1. The zero-order chi connectivity index (χ0) is 15.2. The molecule has 0 saturated heterocycles. The van der Waals surface area contributed by atoms with E-state index < -0.39 is 11.9 Å². The molecule has 0 radical (unpaired) electrons. The van der Waals surface area contributed by atoms with E-state index in [0.29, 0.717) is 17.8 Å². The Bertz CT molecular complexity index is 501. The maximum absolute atomic E-state index is 12.1. The second-order valence-corrected chi connectivity index (χ2v) is 5.52. The maximum Gasteiger partial charge on any atom is 0.308 e. The van der Waals surface area contributed by atoms with Crippen molar-refractivity contribution in [3.63, 3.8) is 0 Å². The minimum Gasteiger partial charge on any atom is -0.481 e. The molecule has 1 fully saturated rings. The molecule has 1 aromatic rings. The van der Waals surface area contributed by atoms with Gasteiger partial charge in [-0.3, -0.25) is 14.6 Å². The third-order valence-electron chi connectivity index (χ3n) is 3.87. The Kier molecular flexibility index (Phi) is 5.14. The zero-order valence-electron chi connectivity index (χ0n) is 11.9. The molecule has 1 aliphatic rings. The highest BCUT2D eigenvalue weighted by Crippen LogP contribution is 2.23. The summed E-state index contributed by atoms with van der Waals surface area (Å²) in [4.78, 5) is 27.5. The molecule has 6 nitrogen and oxygen atoms in total. The average Bonchev–Trinajstić information content (AvgIpc) is 2.67. The van der Waals surface area contributed by atoms with E-state index in [4.69, 9.17) is 5.73 Å². The van der Waals surface area contributed by atoms with Crippen molar-refractivity contribution >= 4 is 17.6 Å². The summed E-state index contributed by atoms with van der Waals surface area (Å²) in [7, 11) is 0. The van der Waals surface area contributed by atoms with Gasteiger partial charge in [-0.1, -0.05) is 19.3 Å². The highest BCUT2D eigenvalue weighted by molar-refractivity contribution is 5.80. The standard InChI is InChI=1S/C15H21N3O3/c16-10-6-7-11(17-9-10)8-14(19)18-13-5-3-1-2-4-12(13)15(20)21/h6-7,9,12-13H,1-5,8,16H2,(H,18,19)(H,20,21). The van der Waals surface area contributed by atoms with Crippen molar-refractivity contribution in [3.05, 3.63) is 24.0 Å². The number of carbonyl (C=O) groups is 2. The predicted octanol–water partition coefficient (Wildman–Crippen LogP) is 1.36. The van der Waals surface area contributed by atoms with E-state index in [1.165, 1.54) is 6.20 Å². The molecule has 0 aliphatic heterocycles. The number of pyridine rings is 1. The summed E-state index contributed by atoms with van der Waals surface area (Å²) >= 11 is 0. The number of carboxylic acids is 1. The molecule has 114 valence electrons. The van der Waals surface area contributed by atoms with Crippen LogP contribution in [0, 0.1) is 5.92 Å². The fraction of sp³-hybridized carbons (Fsp3) is 0.533. The molecular formula is C15H21N3O3. The lowest BCUT2D eigenvalue weighted by molar-refractivity contribution is -0.143. The van der Waals surface area contributed by atoms with Crippen LogP contribution in [-0.2, 0) is 16.0 Å². The number of hydrogen-bond donors (Lipinski definition) is 3. The van der Waals surface area contributed by atoms with Gasteiger partial charge in [0.1, 0.15) is 0 Å². The lowest BCUT2D eigenvalue weighted by Crippen LogP contribution is -2.43. The first-order valence-corrected chi connectivity index (χ1v) is 7.29. The van der Waals surface area contributed by atoms with Crippen LogP contribution in [0.5, 0.6) is 0 Å². The number of hydrogen-bond acceptors (Lipinski definition) is 4. The van der Waals surface area contributed by atoms with E-state index in [-0.39, 0.29) is 18.4 Å². The van der Waals surface area contributed by atoms with Crippen LogP contribution in [0.2, 0.25) is 0 Å². The molecule has 6 heteroatoms. The van der Waals surface area contributed by atoms with Crippen LogP contribution in [0.4, 0.5) is 5.69 Å². The van der Waals surface area contributed by atoms with Crippen molar-refractivity contribution in [2.45, 2.75) is 44.6 Å². The Balaban J connectivity index is 1.96. The van der Waals surface area contributed by atoms with Crippen molar-refractivity contribution in [2.75, 3.05) is 5.73 Å². The number of nitrogens with one attached hydrogen (secondary N) is 1. The van der Waals surface area contributed by atoms with E-state index in [1.807, 2.05) is 0 Å².